The van der Waals surface area contributed by atoms with Crippen molar-refractivity contribution in [3.8, 4) is 5.75 Å². The van der Waals surface area contributed by atoms with Crippen LogP contribution in [0.5, 0.6) is 5.75 Å². The van der Waals surface area contributed by atoms with Gasteiger partial charge in [0, 0.05) is 33.5 Å². The minimum atomic E-state index is -0.405. The van der Waals surface area contributed by atoms with E-state index in [4.69, 9.17) is 9.47 Å². The van der Waals surface area contributed by atoms with Gasteiger partial charge in [0.2, 0.25) is 5.78 Å². The standard InChI is InChI=1S/C32H40N4O4.2H2/c1-21(2)27(22(3)18-23(4)39-8)20-30-31(37)28-19-25(12-15-29(28)40-30)34-32(38)33-24-10-13-26(14-11-24)36(7)17-9-16-35(5)6;;/h10-15,18-20H,3,9,16-17H2,1-2,4-8H3,(H2,33,34,38);2*1H/b23-18+,30-20-;;. The number of rotatable bonds is 11. The lowest BCUT2D eigenvalue weighted by atomic mass is 10.00. The van der Waals surface area contributed by atoms with Crippen LogP contribution >= 0.6 is 0 Å². The number of Topliss-reactive ketones (excluding diaryl/α,β-unsaturated/α-hetero) is 1. The van der Waals surface area contributed by atoms with Gasteiger partial charge < -0.3 is 29.9 Å². The normalized spacial score (nSPS) is 13.6. The number of allylic oxidation sites excluding steroid dienone is 7. The van der Waals surface area contributed by atoms with Crippen molar-refractivity contribution in [1.29, 1.82) is 0 Å². The van der Waals surface area contributed by atoms with Gasteiger partial charge in [0.05, 0.1) is 18.4 Å². The molecule has 2 N–H and O–H groups in total. The molecular formula is C32H44N4O4. The Morgan fingerprint density at radius 3 is 2.30 bits per heavy atom. The molecule has 2 aromatic rings. The smallest absolute Gasteiger partial charge is 0.323 e. The summed E-state index contributed by atoms with van der Waals surface area (Å²) in [5, 5.41) is 5.64. The second kappa shape index (κ2) is 13.7. The van der Waals surface area contributed by atoms with Gasteiger partial charge in [-0.05, 0) is 114 Å². The molecule has 0 spiro atoms. The van der Waals surface area contributed by atoms with Crippen LogP contribution in [0, 0.1) is 0 Å². The second-order valence-corrected chi connectivity index (χ2v) is 10.3. The van der Waals surface area contributed by atoms with Crippen molar-refractivity contribution in [3.63, 3.8) is 0 Å². The fourth-order valence-corrected chi connectivity index (χ4v) is 4.18. The van der Waals surface area contributed by atoms with Gasteiger partial charge in [0.25, 0.3) is 0 Å². The van der Waals surface area contributed by atoms with E-state index in [1.54, 1.807) is 31.4 Å². The third-order valence-electron chi connectivity index (χ3n) is 6.45. The van der Waals surface area contributed by atoms with E-state index in [0.717, 1.165) is 36.3 Å². The van der Waals surface area contributed by atoms with Crippen LogP contribution in [0.3, 0.4) is 0 Å². The maximum atomic E-state index is 13.2. The molecule has 216 valence electrons. The number of hydrogen-bond acceptors (Lipinski definition) is 6. The van der Waals surface area contributed by atoms with E-state index in [1.807, 2.05) is 51.1 Å². The first-order valence-electron chi connectivity index (χ1n) is 13.2. The van der Waals surface area contributed by atoms with E-state index in [0.29, 0.717) is 34.0 Å². The van der Waals surface area contributed by atoms with Gasteiger partial charge in [0.1, 0.15) is 5.75 Å². The fraction of sp³-hybridized carbons (Fsp3) is 0.312. The van der Waals surface area contributed by atoms with Crippen LogP contribution in [-0.2, 0) is 4.74 Å². The van der Waals surface area contributed by atoms with E-state index in [1.165, 1.54) is 0 Å². The number of nitrogens with one attached hydrogen (secondary N) is 2. The largest absolute Gasteiger partial charge is 0.501 e. The van der Waals surface area contributed by atoms with E-state index in [-0.39, 0.29) is 14.4 Å². The van der Waals surface area contributed by atoms with E-state index in [2.05, 4.69) is 48.2 Å². The summed E-state index contributed by atoms with van der Waals surface area (Å²) in [5.74, 6) is 1.08. The average Bonchev–Trinajstić information content (AvgIpc) is 3.21. The molecule has 40 heavy (non-hydrogen) atoms. The quantitative estimate of drug-likeness (QED) is 0.177. The highest BCUT2D eigenvalue weighted by atomic mass is 16.5. The van der Waals surface area contributed by atoms with Crippen LogP contribution in [0.15, 0.2) is 89.4 Å². The van der Waals surface area contributed by atoms with Crippen molar-refractivity contribution in [2.24, 2.45) is 0 Å². The molecule has 2 amide bonds. The Morgan fingerprint density at radius 1 is 1.02 bits per heavy atom. The number of methoxy groups -OCH3 is 1. The van der Waals surface area contributed by atoms with Crippen LogP contribution < -0.4 is 20.3 Å². The Hall–Kier alpha value is -4.30. The lowest BCUT2D eigenvalue weighted by Gasteiger charge is -2.20. The highest BCUT2D eigenvalue weighted by molar-refractivity contribution is 6.13. The Morgan fingerprint density at radius 2 is 1.68 bits per heavy atom. The second-order valence-electron chi connectivity index (χ2n) is 10.3. The van der Waals surface area contributed by atoms with Crippen LogP contribution in [0.4, 0.5) is 21.9 Å². The molecule has 8 nitrogen and oxygen atoms in total. The SMILES string of the molecule is C=C(/C=C(\C)OC)C(/C=C1\Oc2ccc(NC(=O)Nc3ccc(N(C)CCCN(C)C)cc3)cc2C1=O)=C(C)C.[HH].[HH]. The summed E-state index contributed by atoms with van der Waals surface area (Å²) < 4.78 is 11.1. The average molecular weight is 549 g/mol. The summed E-state index contributed by atoms with van der Waals surface area (Å²) in [6, 6.07) is 12.3. The predicted octanol–water partition coefficient (Wildman–Crippen LogP) is 7.11. The zero-order valence-corrected chi connectivity index (χ0v) is 24.6. The number of carbonyl (C=O) groups excluding carboxylic acids is 2. The van der Waals surface area contributed by atoms with E-state index < -0.39 is 6.03 Å². The first kappa shape index (κ1) is 30.2. The van der Waals surface area contributed by atoms with Crippen molar-refractivity contribution in [3.05, 3.63) is 95.0 Å². The summed E-state index contributed by atoms with van der Waals surface area (Å²) in [6.07, 6.45) is 4.57. The highest BCUT2D eigenvalue weighted by Gasteiger charge is 2.28. The Bertz CT molecular complexity index is 1360. The first-order valence-corrected chi connectivity index (χ1v) is 13.2. The number of hydrogen-bond donors (Lipinski definition) is 2. The van der Waals surface area contributed by atoms with E-state index >= 15 is 0 Å². The molecule has 0 unspecified atom stereocenters. The number of ketones is 1. The summed E-state index contributed by atoms with van der Waals surface area (Å²) in [5.41, 5.74) is 5.09. The minimum Gasteiger partial charge on any atom is -0.501 e. The van der Waals surface area contributed by atoms with Gasteiger partial charge in [-0.3, -0.25) is 4.79 Å². The molecule has 0 saturated carbocycles. The molecule has 0 saturated heterocycles. The molecule has 8 heteroatoms. The number of urea groups is 1. The number of fused-ring (bicyclic) bond motifs is 1. The monoisotopic (exact) mass is 548 g/mol. The van der Waals surface area contributed by atoms with Gasteiger partial charge in [-0.15, -0.1) is 0 Å². The van der Waals surface area contributed by atoms with Crippen molar-refractivity contribution in [2.45, 2.75) is 27.2 Å². The summed E-state index contributed by atoms with van der Waals surface area (Å²) in [7, 11) is 7.78. The van der Waals surface area contributed by atoms with Crippen LogP contribution in [0.25, 0.3) is 0 Å². The molecule has 0 aromatic heterocycles. The molecular weight excluding hydrogens is 504 g/mol. The number of carbonyl (C=O) groups is 2. The maximum Gasteiger partial charge on any atom is 0.323 e. The third kappa shape index (κ3) is 8.10. The number of amides is 2. The van der Waals surface area contributed by atoms with Crippen molar-refractivity contribution in [2.75, 3.05) is 56.9 Å². The van der Waals surface area contributed by atoms with Crippen LogP contribution in [0.2, 0.25) is 0 Å². The lowest BCUT2D eigenvalue weighted by Crippen LogP contribution is -2.23. The number of anilines is 3. The van der Waals surface area contributed by atoms with Crippen molar-refractivity contribution in [1.82, 2.24) is 4.90 Å². The van der Waals surface area contributed by atoms with Crippen molar-refractivity contribution < 1.29 is 21.9 Å². The molecule has 0 bridgehead atoms. The van der Waals surface area contributed by atoms with Gasteiger partial charge in [-0.2, -0.15) is 0 Å². The molecule has 1 heterocycles. The number of nitrogens with zero attached hydrogens (tertiary/aromatic N) is 2. The third-order valence-corrected chi connectivity index (χ3v) is 6.45. The van der Waals surface area contributed by atoms with Gasteiger partial charge >= 0.3 is 6.03 Å². The Balaban J connectivity index is 0.00000441. The lowest BCUT2D eigenvalue weighted by molar-refractivity contribution is 0.101. The maximum absolute atomic E-state index is 13.2. The zero-order chi connectivity index (χ0) is 29.4. The topological polar surface area (TPSA) is 83.1 Å². The van der Waals surface area contributed by atoms with Crippen LogP contribution in [0.1, 0.15) is 40.4 Å². The molecule has 1 aliphatic heterocycles. The molecule has 0 fully saturated rings. The van der Waals surface area contributed by atoms with Gasteiger partial charge in [-0.1, -0.05) is 12.2 Å². The Kier molecular flexibility index (Phi) is 10.3. The number of ether oxygens (including phenoxy) is 2. The fourth-order valence-electron chi connectivity index (χ4n) is 4.18. The molecule has 0 radical (unpaired) electrons. The first-order chi connectivity index (χ1) is 19.0. The van der Waals surface area contributed by atoms with Crippen molar-refractivity contribution >= 4 is 28.9 Å². The molecule has 0 aliphatic carbocycles. The van der Waals surface area contributed by atoms with E-state index in [9.17, 15) is 9.59 Å². The Labute approximate surface area is 240 Å². The summed E-state index contributed by atoms with van der Waals surface area (Å²) in [6.45, 7) is 11.8. The molecule has 3 rings (SSSR count). The minimum absolute atomic E-state index is 0. The summed E-state index contributed by atoms with van der Waals surface area (Å²) in [4.78, 5) is 30.2. The molecule has 2 aromatic carbocycles. The van der Waals surface area contributed by atoms with Gasteiger partial charge in [0.15, 0.2) is 5.76 Å². The predicted molar refractivity (Wildman–Crippen MR) is 168 cm³/mol. The van der Waals surface area contributed by atoms with Crippen LogP contribution in [-0.4, -0.2) is 58.1 Å². The molecule has 1 aliphatic rings. The van der Waals surface area contributed by atoms with Gasteiger partial charge in [-0.25, -0.2) is 4.79 Å². The number of benzene rings is 2. The zero-order valence-electron chi connectivity index (χ0n) is 24.6. The molecule has 0 atom stereocenters. The summed E-state index contributed by atoms with van der Waals surface area (Å²) >= 11 is 0. The highest BCUT2D eigenvalue weighted by Crippen LogP contribution is 2.34.